The number of aromatic nitrogens is 4. The Balaban J connectivity index is 0.00000227. The van der Waals surface area contributed by atoms with Gasteiger partial charge in [-0.05, 0) is 119 Å². The van der Waals surface area contributed by atoms with Gasteiger partial charge in [-0.25, -0.2) is 35.2 Å². The third-order valence-electron chi connectivity index (χ3n) is 10.2. The Hall–Kier alpha value is -3.99. The van der Waals surface area contributed by atoms with Crippen LogP contribution in [0, 0.1) is 0 Å². The molecule has 0 fully saturated rings. The van der Waals surface area contributed by atoms with Gasteiger partial charge in [-0.1, -0.05) is 48.5 Å². The summed E-state index contributed by atoms with van der Waals surface area (Å²) in [6.45, 7) is 0. The summed E-state index contributed by atoms with van der Waals surface area (Å²) in [6.07, 6.45) is 7.16. The van der Waals surface area contributed by atoms with Crippen LogP contribution in [0.1, 0.15) is 22.8 Å². The predicted octanol–water partition coefficient (Wildman–Crippen LogP) is -1.37. The van der Waals surface area contributed by atoms with Crippen LogP contribution in [-0.4, -0.2) is 58.8 Å². The summed E-state index contributed by atoms with van der Waals surface area (Å²) in [6, 6.07) is 30.9. The van der Waals surface area contributed by atoms with Crippen LogP contribution < -0.4 is 94.4 Å². The first kappa shape index (κ1) is 49.4. The van der Waals surface area contributed by atoms with Gasteiger partial charge in [0.1, 0.15) is 30.4 Å². The number of nitrogens with one attached hydrogen (secondary N) is 2. The molecule has 8 bridgehead atoms. The van der Waals surface area contributed by atoms with E-state index in [1.54, 1.807) is 36.4 Å². The van der Waals surface area contributed by atoms with Crippen molar-refractivity contribution in [2.24, 2.45) is 0 Å². The van der Waals surface area contributed by atoms with Gasteiger partial charge < -0.3 is 29.4 Å². The standard InChI is InChI=1S/C44H31N5O9S3.3Na/c45-29-9-1-25(2-10-29)41-33-17-19-35(46-33)42(26-3-11-30(12-4-26)59(50,51)52)37-21-23-39(48-37)44(28-7-15-32(16-8-28)61(56,57)58)40-24-22-38(49-40)43(36-20-18-34(41)47-36)27-5-13-31(14-6-27)60(53,54)55;;;/h1-24,46,49H,45H2,(H,50,51,52)(H,53,54,55)(H,56,57,58);;;/q;3*+1/p-3. The number of fused-ring (bicyclic) bond motifs is 8. The molecule has 20 heteroatoms. The maximum absolute atomic E-state index is 11.9. The molecule has 0 aliphatic carbocycles. The van der Waals surface area contributed by atoms with Gasteiger partial charge in [0.2, 0.25) is 0 Å². The zero-order chi connectivity index (χ0) is 42.8. The summed E-state index contributed by atoms with van der Waals surface area (Å²) in [5.74, 6) is 0. The molecule has 4 aromatic carbocycles. The van der Waals surface area contributed by atoms with Crippen LogP contribution in [-0.2, 0) is 30.4 Å². The molecule has 7 aromatic rings. The Morgan fingerprint density at radius 3 is 0.797 bits per heavy atom. The number of anilines is 1. The largest absolute Gasteiger partial charge is 1.00 e. The van der Waals surface area contributed by atoms with Crippen molar-refractivity contribution in [1.29, 1.82) is 0 Å². The summed E-state index contributed by atoms with van der Waals surface area (Å²) in [4.78, 5) is 15.9. The van der Waals surface area contributed by atoms with E-state index in [9.17, 15) is 38.9 Å². The smallest absolute Gasteiger partial charge is 0.744 e. The molecule has 0 atom stereocenters. The molecule has 5 heterocycles. The second kappa shape index (κ2) is 19.1. The van der Waals surface area contributed by atoms with Crippen LogP contribution in [0.15, 0.2) is 136 Å². The molecule has 0 saturated carbocycles. The van der Waals surface area contributed by atoms with Crippen molar-refractivity contribution in [1.82, 2.24) is 19.9 Å². The number of rotatable bonds is 7. The van der Waals surface area contributed by atoms with Crippen LogP contribution in [0.25, 0.3) is 90.9 Å². The van der Waals surface area contributed by atoms with Gasteiger partial charge in [0.05, 0.1) is 37.5 Å². The monoisotopic (exact) mass is 935 g/mol. The van der Waals surface area contributed by atoms with Gasteiger partial charge in [0, 0.05) is 50.0 Å². The quantitative estimate of drug-likeness (QED) is 0.0951. The van der Waals surface area contributed by atoms with Crippen LogP contribution in [0.5, 0.6) is 0 Å². The molecule has 64 heavy (non-hydrogen) atoms. The average Bonchev–Trinajstić information content (AvgIpc) is 4.06. The molecular weight excluding hydrogens is 908 g/mol. The van der Waals surface area contributed by atoms with Gasteiger partial charge in [-0.3, -0.25) is 0 Å². The third kappa shape index (κ3) is 9.90. The van der Waals surface area contributed by atoms with Crippen molar-refractivity contribution in [2.75, 3.05) is 5.73 Å². The van der Waals surface area contributed by atoms with Gasteiger partial charge in [0.15, 0.2) is 0 Å². The molecule has 304 valence electrons. The van der Waals surface area contributed by atoms with E-state index in [2.05, 4.69) is 9.97 Å². The van der Waals surface area contributed by atoms with E-state index in [0.717, 1.165) is 5.56 Å². The fourth-order valence-corrected chi connectivity index (χ4v) is 8.84. The first-order valence-corrected chi connectivity index (χ1v) is 22.4. The van der Waals surface area contributed by atoms with Crippen molar-refractivity contribution < 1.29 is 128 Å². The molecule has 0 radical (unpaired) electrons. The van der Waals surface area contributed by atoms with Crippen LogP contribution >= 0.6 is 0 Å². The number of aromatic amines is 2. The van der Waals surface area contributed by atoms with Gasteiger partial charge >= 0.3 is 88.7 Å². The number of nitrogens with two attached hydrogens (primary N) is 1. The Kier molecular flexibility index (Phi) is 14.7. The van der Waals surface area contributed by atoms with Crippen LogP contribution in [0.3, 0.4) is 0 Å². The summed E-state index contributed by atoms with van der Waals surface area (Å²) >= 11 is 0. The predicted molar refractivity (Wildman–Crippen MR) is 229 cm³/mol. The van der Waals surface area contributed by atoms with Gasteiger partial charge in [0.25, 0.3) is 0 Å². The maximum Gasteiger partial charge on any atom is 1.00 e. The topological polar surface area (TPSA) is 255 Å². The second-order valence-electron chi connectivity index (χ2n) is 14.1. The van der Waals surface area contributed by atoms with E-state index in [-0.39, 0.29) is 88.7 Å². The van der Waals surface area contributed by atoms with Crippen LogP contribution in [0.2, 0.25) is 0 Å². The molecule has 2 aliphatic rings. The third-order valence-corrected chi connectivity index (χ3v) is 12.8. The summed E-state index contributed by atoms with van der Waals surface area (Å²) < 4.78 is 107. The van der Waals surface area contributed by atoms with Crippen LogP contribution in [0.4, 0.5) is 5.69 Å². The van der Waals surface area contributed by atoms with E-state index in [0.29, 0.717) is 89.5 Å². The summed E-state index contributed by atoms with van der Waals surface area (Å²) in [5, 5.41) is 0. The number of nitrogens with zero attached hydrogens (tertiary/aromatic N) is 2. The van der Waals surface area contributed by atoms with E-state index in [4.69, 9.17) is 15.7 Å². The number of benzene rings is 4. The van der Waals surface area contributed by atoms with Crippen molar-refractivity contribution in [3.8, 4) is 44.5 Å². The van der Waals surface area contributed by atoms with E-state index < -0.39 is 45.0 Å². The molecule has 0 amide bonds. The van der Waals surface area contributed by atoms with Crippen molar-refractivity contribution in [3.63, 3.8) is 0 Å². The van der Waals surface area contributed by atoms with Crippen molar-refractivity contribution >= 4 is 82.4 Å². The first-order chi connectivity index (χ1) is 29.0. The fourth-order valence-electron chi connectivity index (χ4n) is 7.43. The minimum Gasteiger partial charge on any atom is -0.744 e. The minimum absolute atomic E-state index is 0. The number of hydrogen-bond donors (Lipinski definition) is 3. The zero-order valence-corrected chi connectivity index (χ0v) is 42.7. The number of H-pyrrole nitrogens is 2. The molecule has 9 rings (SSSR count). The van der Waals surface area contributed by atoms with E-state index in [1.807, 2.05) is 36.4 Å². The molecule has 0 saturated heterocycles. The van der Waals surface area contributed by atoms with Gasteiger partial charge in [-0.15, -0.1) is 0 Å². The second-order valence-corrected chi connectivity index (χ2v) is 18.2. The molecular formula is C44H28N5Na3O9S3. The Morgan fingerprint density at radius 1 is 0.359 bits per heavy atom. The van der Waals surface area contributed by atoms with E-state index >= 15 is 0 Å². The molecule has 3 aromatic heterocycles. The fraction of sp³-hybridized carbons (Fsp3) is 0. The molecule has 2 aliphatic heterocycles. The molecule has 14 nitrogen and oxygen atoms in total. The SMILES string of the molecule is Nc1ccc(-c2c3nc(c(-c4ccc(S(=O)(=O)[O-])cc4)c4ccc([nH]4)c(-c4ccc(S(=O)(=O)[O-])cc4)c4nc(c(-c5ccc(S(=O)(=O)[O-])cc5)c5ccc2[nH]5)C=C4)C=C3)cc1.[Na+].[Na+].[Na+]. The van der Waals surface area contributed by atoms with E-state index in [1.165, 1.54) is 72.8 Å². The normalized spacial score (nSPS) is 12.2. The van der Waals surface area contributed by atoms with Crippen molar-refractivity contribution in [3.05, 3.63) is 144 Å². The Bertz CT molecular complexity index is 3470. The van der Waals surface area contributed by atoms with Gasteiger partial charge in [-0.2, -0.15) is 0 Å². The Labute approximate surface area is 433 Å². The molecule has 0 unspecified atom stereocenters. The molecule has 0 spiro atoms. The average molecular weight is 936 g/mol. The summed E-state index contributed by atoms with van der Waals surface area (Å²) in [5.41, 5.74) is 15.4. The van der Waals surface area contributed by atoms with Crippen molar-refractivity contribution in [2.45, 2.75) is 14.7 Å². The molecule has 4 N–H and O–H groups in total. The Morgan fingerprint density at radius 2 is 0.578 bits per heavy atom. The maximum atomic E-state index is 11.9. The zero-order valence-electron chi connectivity index (χ0n) is 34.2. The number of nitrogen functional groups attached to an aromatic ring is 1. The number of hydrogen-bond acceptors (Lipinski definition) is 12. The minimum atomic E-state index is -4.77. The summed E-state index contributed by atoms with van der Waals surface area (Å²) in [7, 11) is -14.3. The first-order valence-electron chi connectivity index (χ1n) is 18.2.